The quantitative estimate of drug-likeness (QED) is 0.651. The van der Waals surface area contributed by atoms with E-state index >= 15 is 0 Å². The molecule has 0 aliphatic carbocycles. The van der Waals surface area contributed by atoms with Crippen LogP contribution in [0.1, 0.15) is 51.0 Å². The number of hydrogen-bond acceptors (Lipinski definition) is 4. The summed E-state index contributed by atoms with van der Waals surface area (Å²) in [5.74, 6) is 0.960. The molecule has 18 heavy (non-hydrogen) atoms. The molecular formula is C14H27N3O. The lowest BCUT2D eigenvalue weighted by molar-refractivity contribution is 0.267. The van der Waals surface area contributed by atoms with Crippen molar-refractivity contribution < 1.29 is 4.52 Å². The van der Waals surface area contributed by atoms with Gasteiger partial charge in [-0.25, -0.2) is 0 Å². The maximum atomic E-state index is 5.34. The van der Waals surface area contributed by atoms with Gasteiger partial charge < -0.3 is 9.84 Å². The molecule has 0 aliphatic rings. The van der Waals surface area contributed by atoms with Gasteiger partial charge in [-0.2, -0.15) is 0 Å². The molecule has 1 aromatic rings. The highest BCUT2D eigenvalue weighted by atomic mass is 16.5. The first-order valence-corrected chi connectivity index (χ1v) is 7.10. The number of hydrogen-bond donors (Lipinski definition) is 1. The van der Waals surface area contributed by atoms with E-state index in [2.05, 4.69) is 42.3 Å². The number of rotatable bonds is 10. The van der Waals surface area contributed by atoms with Crippen LogP contribution in [0.25, 0.3) is 0 Å². The second kappa shape index (κ2) is 9.11. The van der Waals surface area contributed by atoms with Gasteiger partial charge in [0.1, 0.15) is 0 Å². The Morgan fingerprint density at radius 3 is 2.83 bits per heavy atom. The largest absolute Gasteiger partial charge is 0.360 e. The van der Waals surface area contributed by atoms with Gasteiger partial charge in [0.2, 0.25) is 0 Å². The van der Waals surface area contributed by atoms with Crippen LogP contribution in [-0.4, -0.2) is 30.2 Å². The van der Waals surface area contributed by atoms with E-state index in [-0.39, 0.29) is 0 Å². The molecule has 1 N–H and O–H groups in total. The molecule has 0 radical (unpaired) electrons. The van der Waals surface area contributed by atoms with Crippen molar-refractivity contribution in [1.82, 2.24) is 15.4 Å². The Kier molecular flexibility index (Phi) is 7.69. The zero-order chi connectivity index (χ0) is 13.2. The van der Waals surface area contributed by atoms with Crippen molar-refractivity contribution in [3.05, 3.63) is 17.5 Å². The summed E-state index contributed by atoms with van der Waals surface area (Å²) >= 11 is 0. The van der Waals surface area contributed by atoms with Crippen LogP contribution in [0.15, 0.2) is 10.6 Å². The Balaban J connectivity index is 2.25. The molecule has 0 unspecified atom stereocenters. The summed E-state index contributed by atoms with van der Waals surface area (Å²) in [6.45, 7) is 8.19. The third-order valence-electron chi connectivity index (χ3n) is 2.91. The molecule has 1 heterocycles. The average molecular weight is 253 g/mol. The molecule has 0 atom stereocenters. The van der Waals surface area contributed by atoms with E-state index in [1.54, 1.807) is 0 Å². The van der Waals surface area contributed by atoms with Crippen LogP contribution >= 0.6 is 0 Å². The molecule has 0 spiro atoms. The summed E-state index contributed by atoms with van der Waals surface area (Å²) < 4.78 is 5.34. The van der Waals surface area contributed by atoms with Gasteiger partial charge >= 0.3 is 0 Å². The first kappa shape index (κ1) is 15.2. The van der Waals surface area contributed by atoms with Crippen molar-refractivity contribution in [2.75, 3.05) is 20.1 Å². The molecule has 0 bridgehead atoms. The molecular weight excluding hydrogens is 226 g/mol. The fraction of sp³-hybridized carbons (Fsp3) is 0.786. The highest BCUT2D eigenvalue weighted by Gasteiger charge is 2.06. The van der Waals surface area contributed by atoms with Crippen LogP contribution in [0, 0.1) is 0 Å². The van der Waals surface area contributed by atoms with Crippen molar-refractivity contribution >= 4 is 0 Å². The fourth-order valence-electron chi connectivity index (χ4n) is 1.88. The van der Waals surface area contributed by atoms with Gasteiger partial charge in [0.15, 0.2) is 5.76 Å². The zero-order valence-electron chi connectivity index (χ0n) is 12.0. The van der Waals surface area contributed by atoms with Crippen LogP contribution in [0.3, 0.4) is 0 Å². The summed E-state index contributed by atoms with van der Waals surface area (Å²) in [7, 11) is 2.13. The highest BCUT2D eigenvalue weighted by molar-refractivity contribution is 5.04. The molecule has 0 saturated carbocycles. The van der Waals surface area contributed by atoms with Gasteiger partial charge in [-0.1, -0.05) is 31.8 Å². The third-order valence-corrected chi connectivity index (χ3v) is 2.91. The van der Waals surface area contributed by atoms with E-state index in [4.69, 9.17) is 4.52 Å². The van der Waals surface area contributed by atoms with Crippen LogP contribution in [0.5, 0.6) is 0 Å². The Bertz CT molecular complexity index is 312. The lowest BCUT2D eigenvalue weighted by Crippen LogP contribution is -2.18. The van der Waals surface area contributed by atoms with Crippen molar-refractivity contribution in [3.8, 4) is 0 Å². The van der Waals surface area contributed by atoms with Crippen LogP contribution < -0.4 is 5.32 Å². The number of nitrogens with zero attached hydrogens (tertiary/aromatic N) is 2. The van der Waals surface area contributed by atoms with E-state index in [1.807, 2.05) is 0 Å². The van der Waals surface area contributed by atoms with Crippen molar-refractivity contribution in [2.45, 2.75) is 52.6 Å². The van der Waals surface area contributed by atoms with Crippen LogP contribution in [0.4, 0.5) is 0 Å². The Morgan fingerprint density at radius 1 is 1.28 bits per heavy atom. The lowest BCUT2D eigenvalue weighted by atomic mass is 10.2. The van der Waals surface area contributed by atoms with E-state index in [1.165, 1.54) is 19.3 Å². The minimum Gasteiger partial charge on any atom is -0.360 e. The molecule has 1 aromatic heterocycles. The SMILES string of the molecule is CCCCCN(C)Cc1cc(CNCCC)no1. The van der Waals surface area contributed by atoms with Crippen LogP contribution in [0.2, 0.25) is 0 Å². The predicted octanol–water partition coefficient (Wildman–Crippen LogP) is 2.80. The summed E-state index contributed by atoms with van der Waals surface area (Å²) in [4.78, 5) is 2.29. The number of nitrogens with one attached hydrogen (secondary N) is 1. The van der Waals surface area contributed by atoms with Gasteiger partial charge in [0.25, 0.3) is 0 Å². The first-order chi connectivity index (χ1) is 8.76. The zero-order valence-corrected chi connectivity index (χ0v) is 12.0. The average Bonchev–Trinajstić information content (AvgIpc) is 2.77. The lowest BCUT2D eigenvalue weighted by Gasteiger charge is -2.13. The summed E-state index contributed by atoms with van der Waals surface area (Å²) in [6.07, 6.45) is 4.97. The summed E-state index contributed by atoms with van der Waals surface area (Å²) in [5, 5.41) is 7.40. The molecule has 0 aliphatic heterocycles. The Morgan fingerprint density at radius 2 is 2.11 bits per heavy atom. The highest BCUT2D eigenvalue weighted by Crippen LogP contribution is 2.07. The normalized spacial score (nSPS) is 11.3. The van der Waals surface area contributed by atoms with Crippen molar-refractivity contribution in [3.63, 3.8) is 0 Å². The third kappa shape index (κ3) is 6.17. The van der Waals surface area contributed by atoms with Crippen LogP contribution in [-0.2, 0) is 13.1 Å². The fourth-order valence-corrected chi connectivity index (χ4v) is 1.88. The second-order valence-corrected chi connectivity index (χ2v) is 4.91. The molecule has 4 heteroatoms. The Labute approximate surface area is 111 Å². The second-order valence-electron chi connectivity index (χ2n) is 4.91. The minimum absolute atomic E-state index is 0.802. The molecule has 0 fully saturated rings. The standard InChI is InChI=1S/C14H27N3O/c1-4-6-7-9-17(3)12-14-10-13(16-18-14)11-15-8-5-2/h10,15H,4-9,11-12H2,1-3H3. The van der Waals surface area contributed by atoms with Crippen molar-refractivity contribution in [1.29, 1.82) is 0 Å². The molecule has 0 amide bonds. The van der Waals surface area contributed by atoms with Gasteiger partial charge in [0, 0.05) is 12.6 Å². The molecule has 0 aromatic carbocycles. The van der Waals surface area contributed by atoms with Gasteiger partial charge in [-0.05, 0) is 33.0 Å². The van der Waals surface area contributed by atoms with E-state index in [0.29, 0.717) is 0 Å². The maximum Gasteiger partial charge on any atom is 0.151 e. The smallest absolute Gasteiger partial charge is 0.151 e. The minimum atomic E-state index is 0.802. The number of unbranched alkanes of at least 4 members (excludes halogenated alkanes) is 2. The molecule has 4 nitrogen and oxygen atoms in total. The molecule has 0 saturated heterocycles. The van der Waals surface area contributed by atoms with Gasteiger partial charge in [-0.3, -0.25) is 4.90 Å². The Hall–Kier alpha value is -0.870. The number of aromatic nitrogens is 1. The summed E-state index contributed by atoms with van der Waals surface area (Å²) in [6, 6.07) is 2.05. The monoisotopic (exact) mass is 253 g/mol. The first-order valence-electron chi connectivity index (χ1n) is 7.10. The maximum absolute atomic E-state index is 5.34. The van der Waals surface area contributed by atoms with E-state index in [0.717, 1.165) is 44.1 Å². The molecule has 104 valence electrons. The molecule has 1 rings (SSSR count). The van der Waals surface area contributed by atoms with Gasteiger partial charge in [-0.15, -0.1) is 0 Å². The predicted molar refractivity (Wildman–Crippen MR) is 74.4 cm³/mol. The summed E-state index contributed by atoms with van der Waals surface area (Å²) in [5.41, 5.74) is 1.00. The van der Waals surface area contributed by atoms with Crippen molar-refractivity contribution in [2.24, 2.45) is 0 Å². The van der Waals surface area contributed by atoms with Gasteiger partial charge in [0.05, 0.1) is 12.2 Å². The van der Waals surface area contributed by atoms with E-state index < -0.39 is 0 Å². The van der Waals surface area contributed by atoms with E-state index in [9.17, 15) is 0 Å². The topological polar surface area (TPSA) is 41.3 Å².